The first-order valence-electron chi connectivity index (χ1n) is 9.47. The van der Waals surface area contributed by atoms with Gasteiger partial charge >= 0.3 is 6.09 Å². The molecule has 156 valence electrons. The number of nitriles is 1. The Morgan fingerprint density at radius 1 is 0.933 bits per heavy atom. The Balaban J connectivity index is 2.05. The molecule has 0 saturated carbocycles. The fourth-order valence-corrected chi connectivity index (χ4v) is 2.73. The molecule has 0 aliphatic rings. The maximum absolute atomic E-state index is 12.8. The van der Waals surface area contributed by atoms with Crippen LogP contribution in [0.4, 0.5) is 4.79 Å². The van der Waals surface area contributed by atoms with Gasteiger partial charge in [0.1, 0.15) is 18.7 Å². The van der Waals surface area contributed by atoms with Gasteiger partial charge in [0.15, 0.2) is 0 Å². The number of nitrogens with two attached hydrogens (primary N) is 1. The van der Waals surface area contributed by atoms with Gasteiger partial charge in [0.25, 0.3) is 0 Å². The molecule has 0 aliphatic carbocycles. The van der Waals surface area contributed by atoms with Crippen molar-refractivity contribution in [1.82, 2.24) is 10.6 Å². The van der Waals surface area contributed by atoms with Crippen LogP contribution in [0.15, 0.2) is 60.7 Å². The summed E-state index contributed by atoms with van der Waals surface area (Å²) in [6, 6.07) is 18.2. The van der Waals surface area contributed by atoms with Crippen molar-refractivity contribution >= 4 is 17.9 Å². The van der Waals surface area contributed by atoms with E-state index in [0.717, 1.165) is 11.1 Å². The van der Waals surface area contributed by atoms with Crippen LogP contribution >= 0.6 is 0 Å². The molecule has 3 amide bonds. The Morgan fingerprint density at radius 3 is 2.10 bits per heavy atom. The van der Waals surface area contributed by atoms with Crippen LogP contribution in [-0.4, -0.2) is 30.0 Å². The molecule has 8 heteroatoms. The third-order valence-corrected chi connectivity index (χ3v) is 4.31. The second-order valence-corrected chi connectivity index (χ2v) is 6.61. The van der Waals surface area contributed by atoms with Gasteiger partial charge < -0.3 is 21.1 Å². The molecule has 2 atom stereocenters. The minimum absolute atomic E-state index is 0.0540. The first-order chi connectivity index (χ1) is 14.5. The van der Waals surface area contributed by atoms with Crippen molar-refractivity contribution < 1.29 is 19.1 Å². The van der Waals surface area contributed by atoms with Gasteiger partial charge in [-0.3, -0.25) is 9.59 Å². The molecule has 0 fully saturated rings. The summed E-state index contributed by atoms with van der Waals surface area (Å²) >= 11 is 0. The van der Waals surface area contributed by atoms with E-state index < -0.39 is 30.0 Å². The number of nitrogens with one attached hydrogen (secondary N) is 2. The van der Waals surface area contributed by atoms with Crippen LogP contribution in [0.1, 0.15) is 24.0 Å². The second kappa shape index (κ2) is 11.9. The number of carbonyl (C=O) groups is 3. The van der Waals surface area contributed by atoms with E-state index in [1.165, 1.54) is 0 Å². The Labute approximate surface area is 175 Å². The molecule has 2 rings (SSSR count). The molecule has 0 aliphatic heterocycles. The summed E-state index contributed by atoms with van der Waals surface area (Å²) < 4.78 is 5.20. The number of amides is 3. The second-order valence-electron chi connectivity index (χ2n) is 6.61. The number of rotatable bonds is 10. The largest absolute Gasteiger partial charge is 0.445 e. The highest BCUT2D eigenvalue weighted by atomic mass is 16.5. The monoisotopic (exact) mass is 408 g/mol. The topological polar surface area (TPSA) is 134 Å². The first kappa shape index (κ1) is 22.4. The van der Waals surface area contributed by atoms with Crippen molar-refractivity contribution in [3.63, 3.8) is 0 Å². The lowest BCUT2D eigenvalue weighted by Gasteiger charge is -2.21. The summed E-state index contributed by atoms with van der Waals surface area (Å²) in [4.78, 5) is 36.6. The smallest absolute Gasteiger partial charge is 0.408 e. The molecule has 0 aromatic heterocycles. The van der Waals surface area contributed by atoms with E-state index in [2.05, 4.69) is 10.6 Å². The van der Waals surface area contributed by atoms with Crippen molar-refractivity contribution in [1.29, 1.82) is 5.26 Å². The van der Waals surface area contributed by atoms with E-state index in [4.69, 9.17) is 15.7 Å². The van der Waals surface area contributed by atoms with E-state index in [-0.39, 0.29) is 25.9 Å². The zero-order chi connectivity index (χ0) is 21.8. The number of nitrogens with zero attached hydrogens (tertiary/aromatic N) is 1. The zero-order valence-electron chi connectivity index (χ0n) is 16.4. The molecular formula is C22H24N4O4. The summed E-state index contributed by atoms with van der Waals surface area (Å²) in [6.07, 6.45) is -0.420. The molecule has 4 N–H and O–H groups in total. The van der Waals surface area contributed by atoms with Crippen molar-refractivity contribution in [2.45, 2.75) is 38.0 Å². The van der Waals surface area contributed by atoms with E-state index in [1.54, 1.807) is 0 Å². The van der Waals surface area contributed by atoms with Crippen LogP contribution in [0.2, 0.25) is 0 Å². The zero-order valence-corrected chi connectivity index (χ0v) is 16.4. The first-order valence-corrected chi connectivity index (χ1v) is 9.47. The van der Waals surface area contributed by atoms with Crippen LogP contribution < -0.4 is 16.4 Å². The number of carbonyl (C=O) groups excluding carboxylic acids is 3. The quantitative estimate of drug-likeness (QED) is 0.551. The lowest BCUT2D eigenvalue weighted by atomic mass is 10.0. The van der Waals surface area contributed by atoms with E-state index in [9.17, 15) is 14.4 Å². The lowest BCUT2D eigenvalue weighted by molar-refractivity contribution is -0.128. The van der Waals surface area contributed by atoms with Gasteiger partial charge in [-0.25, -0.2) is 4.79 Å². The average molecular weight is 408 g/mol. The lowest BCUT2D eigenvalue weighted by Crippen LogP contribution is -2.53. The summed E-state index contributed by atoms with van der Waals surface area (Å²) in [6.45, 7) is 0.0540. The number of primary amides is 1. The van der Waals surface area contributed by atoms with Crippen LogP contribution in [-0.2, 0) is 27.4 Å². The van der Waals surface area contributed by atoms with Crippen molar-refractivity contribution in [2.75, 3.05) is 0 Å². The van der Waals surface area contributed by atoms with Gasteiger partial charge in [-0.1, -0.05) is 60.7 Å². The van der Waals surface area contributed by atoms with Gasteiger partial charge in [-0.05, 0) is 17.5 Å². The minimum Gasteiger partial charge on any atom is -0.445 e. The van der Waals surface area contributed by atoms with Crippen molar-refractivity contribution in [3.8, 4) is 6.07 Å². The van der Waals surface area contributed by atoms with E-state index >= 15 is 0 Å². The SMILES string of the molecule is N#CCC[C@H](NC(=O)[C@H](Cc1ccccc1)NC(=O)OCc1ccccc1)C(N)=O. The molecule has 0 bridgehead atoms. The van der Waals surface area contributed by atoms with Gasteiger partial charge in [0.05, 0.1) is 6.07 Å². The third-order valence-electron chi connectivity index (χ3n) is 4.31. The van der Waals surface area contributed by atoms with E-state index in [1.807, 2.05) is 66.7 Å². The summed E-state index contributed by atoms with van der Waals surface area (Å²) in [5.74, 6) is -1.33. The highest BCUT2D eigenvalue weighted by molar-refractivity contribution is 5.90. The van der Waals surface area contributed by atoms with Gasteiger partial charge in [-0.2, -0.15) is 5.26 Å². The fourth-order valence-electron chi connectivity index (χ4n) is 2.73. The molecule has 0 spiro atoms. The van der Waals surface area contributed by atoms with Gasteiger partial charge in [0, 0.05) is 12.8 Å². The highest BCUT2D eigenvalue weighted by Gasteiger charge is 2.26. The maximum Gasteiger partial charge on any atom is 0.408 e. The molecule has 2 aromatic rings. The van der Waals surface area contributed by atoms with Crippen LogP contribution in [0.5, 0.6) is 0 Å². The summed E-state index contributed by atoms with van der Waals surface area (Å²) in [5, 5.41) is 13.8. The molecule has 8 nitrogen and oxygen atoms in total. The third kappa shape index (κ3) is 7.64. The Hall–Kier alpha value is -3.86. The number of benzene rings is 2. The van der Waals surface area contributed by atoms with E-state index in [0.29, 0.717) is 0 Å². The van der Waals surface area contributed by atoms with Crippen molar-refractivity contribution in [2.24, 2.45) is 5.73 Å². The molecule has 0 saturated heterocycles. The number of hydrogen-bond acceptors (Lipinski definition) is 5. The Morgan fingerprint density at radius 2 is 1.53 bits per heavy atom. The Kier molecular flexibility index (Phi) is 8.87. The summed E-state index contributed by atoms with van der Waals surface area (Å²) in [5.41, 5.74) is 6.94. The van der Waals surface area contributed by atoms with Crippen LogP contribution in [0.25, 0.3) is 0 Å². The van der Waals surface area contributed by atoms with Crippen LogP contribution in [0.3, 0.4) is 0 Å². The molecule has 30 heavy (non-hydrogen) atoms. The minimum atomic E-state index is -1.00. The summed E-state index contributed by atoms with van der Waals surface area (Å²) in [7, 11) is 0. The number of ether oxygens (including phenoxy) is 1. The molecule has 2 aromatic carbocycles. The van der Waals surface area contributed by atoms with Gasteiger partial charge in [0.2, 0.25) is 11.8 Å². The predicted molar refractivity (Wildman–Crippen MR) is 110 cm³/mol. The number of alkyl carbamates (subject to hydrolysis) is 1. The molecule has 0 unspecified atom stereocenters. The standard InChI is InChI=1S/C22H24N4O4/c23-13-7-12-18(20(24)27)25-21(28)19(14-16-8-3-1-4-9-16)26-22(29)30-15-17-10-5-2-6-11-17/h1-6,8-11,18-19H,7,12,14-15H2,(H2,24,27)(H,25,28)(H,26,29)/t18-,19-/m0/s1. The normalized spacial score (nSPS) is 12.1. The maximum atomic E-state index is 12.8. The molecular weight excluding hydrogens is 384 g/mol. The predicted octanol–water partition coefficient (Wildman–Crippen LogP) is 1.80. The van der Waals surface area contributed by atoms with Crippen molar-refractivity contribution in [3.05, 3.63) is 71.8 Å². The Bertz CT molecular complexity index is 881. The van der Waals surface area contributed by atoms with Crippen LogP contribution in [0, 0.1) is 11.3 Å². The molecule has 0 heterocycles. The molecule has 0 radical (unpaired) electrons. The highest BCUT2D eigenvalue weighted by Crippen LogP contribution is 2.06. The fraction of sp³-hybridized carbons (Fsp3) is 0.273. The average Bonchev–Trinajstić information content (AvgIpc) is 2.76. The number of hydrogen-bond donors (Lipinski definition) is 3. The van der Waals surface area contributed by atoms with Gasteiger partial charge in [-0.15, -0.1) is 0 Å².